The van der Waals surface area contributed by atoms with Crippen molar-refractivity contribution in [3.63, 3.8) is 0 Å². The van der Waals surface area contributed by atoms with Crippen molar-refractivity contribution in [3.8, 4) is 0 Å². The third-order valence-corrected chi connectivity index (χ3v) is 4.16. The summed E-state index contributed by atoms with van der Waals surface area (Å²) in [4.78, 5) is 0. The van der Waals surface area contributed by atoms with Gasteiger partial charge in [0.1, 0.15) is 0 Å². The molecule has 0 spiro atoms. The Hall–Kier alpha value is -0.860. The van der Waals surface area contributed by atoms with Gasteiger partial charge in [-0.2, -0.15) is 0 Å². The van der Waals surface area contributed by atoms with Gasteiger partial charge in [0, 0.05) is 12.6 Å². The average Bonchev–Trinajstić information content (AvgIpc) is 2.45. The molecule has 0 heterocycles. The molecule has 1 atom stereocenters. The van der Waals surface area contributed by atoms with Gasteiger partial charge in [0.05, 0.1) is 0 Å². The van der Waals surface area contributed by atoms with Crippen molar-refractivity contribution in [1.82, 2.24) is 5.32 Å². The Morgan fingerprint density at radius 1 is 1.16 bits per heavy atom. The predicted octanol–water partition coefficient (Wildman–Crippen LogP) is 3.56. The first-order chi connectivity index (χ1) is 9.25. The van der Waals surface area contributed by atoms with Gasteiger partial charge in [0.25, 0.3) is 0 Å². The molecule has 0 amide bonds. The second-order valence-corrected chi connectivity index (χ2v) is 6.02. The third-order valence-electron chi connectivity index (χ3n) is 4.16. The summed E-state index contributed by atoms with van der Waals surface area (Å²) in [5.74, 6) is 0.814. The van der Waals surface area contributed by atoms with E-state index in [1.807, 2.05) is 0 Å². The van der Waals surface area contributed by atoms with Crippen molar-refractivity contribution >= 4 is 0 Å². The first-order valence-electron chi connectivity index (χ1n) is 7.81. The highest BCUT2D eigenvalue weighted by molar-refractivity contribution is 5.25. The fourth-order valence-corrected chi connectivity index (χ4v) is 2.91. The number of nitrogens with one attached hydrogen (secondary N) is 1. The van der Waals surface area contributed by atoms with Crippen LogP contribution in [0.4, 0.5) is 0 Å². The second kappa shape index (κ2) is 7.66. The summed E-state index contributed by atoms with van der Waals surface area (Å²) in [6, 6.07) is 9.52. The van der Waals surface area contributed by atoms with Crippen LogP contribution in [0, 0.1) is 0 Å². The highest BCUT2D eigenvalue weighted by Crippen LogP contribution is 2.32. The molecule has 2 nitrogen and oxygen atoms in total. The van der Waals surface area contributed by atoms with Gasteiger partial charge >= 0.3 is 0 Å². The van der Waals surface area contributed by atoms with Crippen molar-refractivity contribution in [1.29, 1.82) is 0 Å². The molecule has 0 radical (unpaired) electrons. The number of rotatable bonds is 6. The minimum Gasteiger partial charge on any atom is -0.328 e. The van der Waals surface area contributed by atoms with E-state index in [2.05, 4.69) is 36.5 Å². The van der Waals surface area contributed by atoms with Gasteiger partial charge in [-0.3, -0.25) is 0 Å². The summed E-state index contributed by atoms with van der Waals surface area (Å²) >= 11 is 0. The molecule has 0 aliphatic heterocycles. The van der Waals surface area contributed by atoms with Gasteiger partial charge in [-0.05, 0) is 49.8 Å². The SMILES string of the molecule is CC(N)CCNCc1ccc(C2CCCCC2)cc1. The van der Waals surface area contributed by atoms with Crippen molar-refractivity contribution in [2.45, 2.75) is 64.0 Å². The van der Waals surface area contributed by atoms with Crippen LogP contribution in [0.1, 0.15) is 62.5 Å². The van der Waals surface area contributed by atoms with Gasteiger partial charge in [-0.15, -0.1) is 0 Å². The molecule has 3 N–H and O–H groups in total. The Balaban J connectivity index is 1.77. The number of benzene rings is 1. The van der Waals surface area contributed by atoms with E-state index in [0.29, 0.717) is 6.04 Å². The molecule has 1 aliphatic carbocycles. The van der Waals surface area contributed by atoms with E-state index in [4.69, 9.17) is 5.73 Å². The summed E-state index contributed by atoms with van der Waals surface area (Å²) in [6.45, 7) is 4.01. The van der Waals surface area contributed by atoms with Crippen LogP contribution in [0.5, 0.6) is 0 Å². The van der Waals surface area contributed by atoms with Gasteiger partial charge in [-0.1, -0.05) is 43.5 Å². The molecule has 2 rings (SSSR count). The molecule has 0 saturated heterocycles. The van der Waals surface area contributed by atoms with E-state index in [9.17, 15) is 0 Å². The first kappa shape index (κ1) is 14.5. The summed E-state index contributed by atoms with van der Waals surface area (Å²) in [6.07, 6.45) is 8.05. The maximum absolute atomic E-state index is 5.73. The van der Waals surface area contributed by atoms with Crippen molar-refractivity contribution < 1.29 is 0 Å². The van der Waals surface area contributed by atoms with Crippen LogP contribution in [-0.4, -0.2) is 12.6 Å². The Labute approximate surface area is 117 Å². The lowest BCUT2D eigenvalue weighted by Gasteiger charge is -2.22. The van der Waals surface area contributed by atoms with Crippen LogP contribution in [-0.2, 0) is 6.54 Å². The van der Waals surface area contributed by atoms with Crippen molar-refractivity contribution in [3.05, 3.63) is 35.4 Å². The smallest absolute Gasteiger partial charge is 0.0205 e. The highest BCUT2D eigenvalue weighted by Gasteiger charge is 2.14. The molecule has 1 unspecified atom stereocenters. The zero-order chi connectivity index (χ0) is 13.5. The molecule has 1 aliphatic rings. The van der Waals surface area contributed by atoms with Crippen molar-refractivity contribution in [2.75, 3.05) is 6.54 Å². The number of hydrogen-bond donors (Lipinski definition) is 2. The molecule has 19 heavy (non-hydrogen) atoms. The van der Waals surface area contributed by atoms with E-state index < -0.39 is 0 Å². The second-order valence-electron chi connectivity index (χ2n) is 6.02. The van der Waals surface area contributed by atoms with E-state index in [1.54, 1.807) is 5.56 Å². The normalized spacial score (nSPS) is 18.4. The largest absolute Gasteiger partial charge is 0.328 e. The molecule has 1 fully saturated rings. The predicted molar refractivity (Wildman–Crippen MR) is 82.2 cm³/mol. The van der Waals surface area contributed by atoms with Crippen LogP contribution in [0.3, 0.4) is 0 Å². The molecular weight excluding hydrogens is 232 g/mol. The molecular formula is C17H28N2. The standard InChI is InChI=1S/C17H28N2/c1-14(18)11-12-19-13-15-7-9-17(10-8-15)16-5-3-2-4-6-16/h7-10,14,16,19H,2-6,11-13,18H2,1H3. The first-order valence-corrected chi connectivity index (χ1v) is 7.81. The minimum absolute atomic E-state index is 0.293. The average molecular weight is 260 g/mol. The fraction of sp³-hybridized carbons (Fsp3) is 0.647. The molecule has 1 saturated carbocycles. The van der Waals surface area contributed by atoms with Crippen LogP contribution in [0.2, 0.25) is 0 Å². The highest BCUT2D eigenvalue weighted by atomic mass is 14.9. The molecule has 106 valence electrons. The Morgan fingerprint density at radius 2 is 1.84 bits per heavy atom. The zero-order valence-electron chi connectivity index (χ0n) is 12.2. The minimum atomic E-state index is 0.293. The molecule has 1 aromatic rings. The van der Waals surface area contributed by atoms with Gasteiger partial charge in [0.15, 0.2) is 0 Å². The summed E-state index contributed by atoms with van der Waals surface area (Å²) in [5, 5.41) is 3.45. The molecule has 0 bridgehead atoms. The van der Waals surface area contributed by atoms with Gasteiger partial charge < -0.3 is 11.1 Å². The Morgan fingerprint density at radius 3 is 2.47 bits per heavy atom. The number of hydrogen-bond acceptors (Lipinski definition) is 2. The van der Waals surface area contributed by atoms with Gasteiger partial charge in [0.2, 0.25) is 0 Å². The summed E-state index contributed by atoms with van der Waals surface area (Å²) in [5.41, 5.74) is 8.65. The topological polar surface area (TPSA) is 38.0 Å². The quantitative estimate of drug-likeness (QED) is 0.768. The lowest BCUT2D eigenvalue weighted by molar-refractivity contribution is 0.443. The lowest BCUT2D eigenvalue weighted by atomic mass is 9.84. The van der Waals surface area contributed by atoms with Crippen LogP contribution < -0.4 is 11.1 Å². The van der Waals surface area contributed by atoms with Crippen molar-refractivity contribution in [2.24, 2.45) is 5.73 Å². The molecule has 0 aromatic heterocycles. The maximum Gasteiger partial charge on any atom is 0.0205 e. The van der Waals surface area contributed by atoms with E-state index >= 15 is 0 Å². The van der Waals surface area contributed by atoms with Crippen LogP contribution in [0.15, 0.2) is 24.3 Å². The lowest BCUT2D eigenvalue weighted by Crippen LogP contribution is -2.23. The van der Waals surface area contributed by atoms with Crippen LogP contribution in [0.25, 0.3) is 0 Å². The molecule has 1 aromatic carbocycles. The van der Waals surface area contributed by atoms with E-state index in [0.717, 1.165) is 25.4 Å². The zero-order valence-corrected chi connectivity index (χ0v) is 12.2. The van der Waals surface area contributed by atoms with Crippen LogP contribution >= 0.6 is 0 Å². The Kier molecular flexibility index (Phi) is 5.87. The Bertz CT molecular complexity index is 350. The fourth-order valence-electron chi connectivity index (χ4n) is 2.91. The monoisotopic (exact) mass is 260 g/mol. The summed E-state index contributed by atoms with van der Waals surface area (Å²) in [7, 11) is 0. The third kappa shape index (κ3) is 4.96. The molecule has 2 heteroatoms. The maximum atomic E-state index is 5.73. The van der Waals surface area contributed by atoms with E-state index in [-0.39, 0.29) is 0 Å². The van der Waals surface area contributed by atoms with E-state index in [1.165, 1.54) is 37.7 Å². The summed E-state index contributed by atoms with van der Waals surface area (Å²) < 4.78 is 0. The van der Waals surface area contributed by atoms with Gasteiger partial charge in [-0.25, -0.2) is 0 Å². The number of nitrogens with two attached hydrogens (primary N) is 1.